The number of carbonyl (C=O) groups excluding carboxylic acids is 1. The van der Waals surface area contributed by atoms with Gasteiger partial charge in [-0.25, -0.2) is 9.78 Å². The third-order valence-corrected chi connectivity index (χ3v) is 5.51. The van der Waals surface area contributed by atoms with Gasteiger partial charge >= 0.3 is 6.03 Å². The maximum Gasteiger partial charge on any atom is 0.315 e. The number of hydrogen-bond acceptors (Lipinski definition) is 4. The molecule has 1 atom stereocenters. The lowest BCUT2D eigenvalue weighted by atomic mass is 10.2. The first-order valence-electron chi connectivity index (χ1n) is 9.73. The van der Waals surface area contributed by atoms with Crippen molar-refractivity contribution in [2.45, 2.75) is 44.7 Å². The molecule has 1 aromatic heterocycles. The van der Waals surface area contributed by atoms with E-state index in [4.69, 9.17) is 0 Å². The Bertz CT molecular complexity index is 597. The first-order chi connectivity index (χ1) is 12.3. The second kappa shape index (κ2) is 7.60. The summed E-state index contributed by atoms with van der Waals surface area (Å²) in [5, 5.41) is 6.12. The Morgan fingerprint density at radius 3 is 2.84 bits per heavy atom. The van der Waals surface area contributed by atoms with Gasteiger partial charge in [-0.05, 0) is 55.7 Å². The summed E-state index contributed by atoms with van der Waals surface area (Å²) in [7, 11) is 0. The summed E-state index contributed by atoms with van der Waals surface area (Å²) in [5.41, 5.74) is 1.11. The predicted molar refractivity (Wildman–Crippen MR) is 98.6 cm³/mol. The predicted octanol–water partition coefficient (Wildman–Crippen LogP) is 1.97. The zero-order chi connectivity index (χ0) is 17.1. The molecule has 0 spiro atoms. The fourth-order valence-corrected chi connectivity index (χ4v) is 3.89. The number of amides is 2. The molecule has 25 heavy (non-hydrogen) atoms. The van der Waals surface area contributed by atoms with Gasteiger partial charge in [0.1, 0.15) is 5.82 Å². The second-order valence-electron chi connectivity index (χ2n) is 7.73. The number of aromatic nitrogens is 1. The molecule has 2 aliphatic heterocycles. The second-order valence-corrected chi connectivity index (χ2v) is 7.73. The van der Waals surface area contributed by atoms with Gasteiger partial charge in [-0.1, -0.05) is 0 Å². The van der Waals surface area contributed by atoms with Crippen LogP contribution in [-0.4, -0.2) is 54.7 Å². The fraction of sp³-hybridized carbons (Fsp3) is 0.684. The summed E-state index contributed by atoms with van der Waals surface area (Å²) >= 11 is 0. The smallest absolute Gasteiger partial charge is 0.315 e. The average molecular weight is 343 g/mol. The molecular formula is C19H29N5O. The van der Waals surface area contributed by atoms with Crippen molar-refractivity contribution in [3.8, 4) is 0 Å². The average Bonchev–Trinajstić information content (AvgIpc) is 3.10. The minimum Gasteiger partial charge on any atom is -0.357 e. The van der Waals surface area contributed by atoms with E-state index in [9.17, 15) is 4.79 Å². The standard InChI is InChI=1S/C19H29N5O/c25-19(22-17-6-10-23(14-17)13-15-3-4-15)21-12-16-5-7-20-18(11-16)24-8-1-2-9-24/h5,7,11,15,17H,1-4,6,8-10,12-14H2,(H2,21,22,25)/t17-/m1/s1. The monoisotopic (exact) mass is 343 g/mol. The van der Waals surface area contributed by atoms with Crippen LogP contribution in [0.4, 0.5) is 10.6 Å². The number of carbonyl (C=O) groups is 1. The van der Waals surface area contributed by atoms with Crippen molar-refractivity contribution in [1.82, 2.24) is 20.5 Å². The molecule has 3 heterocycles. The molecule has 136 valence electrons. The van der Waals surface area contributed by atoms with Crippen molar-refractivity contribution in [3.05, 3.63) is 23.9 Å². The quantitative estimate of drug-likeness (QED) is 0.829. The molecule has 0 radical (unpaired) electrons. The van der Waals surface area contributed by atoms with E-state index in [0.29, 0.717) is 6.54 Å². The summed E-state index contributed by atoms with van der Waals surface area (Å²) in [6.45, 7) is 6.06. The Morgan fingerprint density at radius 1 is 1.20 bits per heavy atom. The summed E-state index contributed by atoms with van der Waals surface area (Å²) in [4.78, 5) is 21.5. The molecule has 1 aromatic rings. The number of nitrogens with zero attached hydrogens (tertiary/aromatic N) is 3. The highest BCUT2D eigenvalue weighted by Crippen LogP contribution is 2.30. The lowest BCUT2D eigenvalue weighted by molar-refractivity contribution is 0.235. The molecule has 1 saturated carbocycles. The first kappa shape index (κ1) is 16.6. The van der Waals surface area contributed by atoms with Gasteiger partial charge in [-0.15, -0.1) is 0 Å². The van der Waals surface area contributed by atoms with Gasteiger partial charge in [0, 0.05) is 51.5 Å². The Balaban J connectivity index is 1.21. The van der Waals surface area contributed by atoms with Crippen molar-refractivity contribution >= 4 is 11.8 Å². The third-order valence-electron chi connectivity index (χ3n) is 5.51. The first-order valence-corrected chi connectivity index (χ1v) is 9.73. The van der Waals surface area contributed by atoms with Gasteiger partial charge in [0.05, 0.1) is 0 Å². The molecule has 0 bridgehead atoms. The molecule has 4 rings (SSSR count). The van der Waals surface area contributed by atoms with Crippen LogP contribution in [0.5, 0.6) is 0 Å². The lowest BCUT2D eigenvalue weighted by Gasteiger charge is -2.18. The summed E-state index contributed by atoms with van der Waals surface area (Å²) in [5.74, 6) is 1.95. The maximum atomic E-state index is 12.2. The molecule has 2 amide bonds. The molecule has 3 aliphatic rings. The van der Waals surface area contributed by atoms with E-state index in [0.717, 1.165) is 49.9 Å². The van der Waals surface area contributed by atoms with Crippen molar-refractivity contribution in [2.24, 2.45) is 5.92 Å². The molecule has 0 aromatic carbocycles. The SMILES string of the molecule is O=C(NCc1ccnc(N2CCCC2)c1)N[C@@H]1CCN(CC2CC2)C1. The largest absolute Gasteiger partial charge is 0.357 e. The molecule has 6 heteroatoms. The van der Waals surface area contributed by atoms with E-state index in [1.165, 1.54) is 32.2 Å². The topological polar surface area (TPSA) is 60.5 Å². The van der Waals surface area contributed by atoms with Crippen LogP contribution in [-0.2, 0) is 6.54 Å². The highest BCUT2D eigenvalue weighted by molar-refractivity contribution is 5.74. The van der Waals surface area contributed by atoms with Gasteiger partial charge in [0.15, 0.2) is 0 Å². The van der Waals surface area contributed by atoms with Crippen molar-refractivity contribution in [3.63, 3.8) is 0 Å². The minimum absolute atomic E-state index is 0.0576. The number of rotatable bonds is 6. The van der Waals surface area contributed by atoms with E-state index < -0.39 is 0 Å². The lowest BCUT2D eigenvalue weighted by Crippen LogP contribution is -2.43. The van der Waals surface area contributed by atoms with E-state index in [1.54, 1.807) is 0 Å². The zero-order valence-corrected chi connectivity index (χ0v) is 14.9. The van der Waals surface area contributed by atoms with Crippen molar-refractivity contribution < 1.29 is 4.79 Å². The van der Waals surface area contributed by atoms with E-state index >= 15 is 0 Å². The Morgan fingerprint density at radius 2 is 2.04 bits per heavy atom. The van der Waals surface area contributed by atoms with Crippen LogP contribution in [0, 0.1) is 5.92 Å². The van der Waals surface area contributed by atoms with Crippen LogP contribution in [0.25, 0.3) is 0 Å². The molecule has 0 unspecified atom stereocenters. The third kappa shape index (κ3) is 4.63. The van der Waals surface area contributed by atoms with Gasteiger partial charge in [0.25, 0.3) is 0 Å². The van der Waals surface area contributed by atoms with Crippen LogP contribution in [0.3, 0.4) is 0 Å². The Hall–Kier alpha value is -1.82. The number of hydrogen-bond donors (Lipinski definition) is 2. The Kier molecular flexibility index (Phi) is 5.06. The van der Waals surface area contributed by atoms with Crippen LogP contribution in [0.15, 0.2) is 18.3 Å². The highest BCUT2D eigenvalue weighted by atomic mass is 16.2. The van der Waals surface area contributed by atoms with Gasteiger partial charge < -0.3 is 20.4 Å². The molecule has 1 aliphatic carbocycles. The number of anilines is 1. The normalized spacial score (nSPS) is 23.8. The maximum absolute atomic E-state index is 12.2. The fourth-order valence-electron chi connectivity index (χ4n) is 3.89. The molecule has 6 nitrogen and oxygen atoms in total. The van der Waals surface area contributed by atoms with E-state index in [1.807, 2.05) is 12.3 Å². The zero-order valence-electron chi connectivity index (χ0n) is 14.9. The van der Waals surface area contributed by atoms with Crippen LogP contribution < -0.4 is 15.5 Å². The summed E-state index contributed by atoms with van der Waals surface area (Å²) < 4.78 is 0. The van der Waals surface area contributed by atoms with E-state index in [-0.39, 0.29) is 12.1 Å². The minimum atomic E-state index is -0.0576. The van der Waals surface area contributed by atoms with Crippen molar-refractivity contribution in [2.75, 3.05) is 37.6 Å². The van der Waals surface area contributed by atoms with Crippen molar-refractivity contribution in [1.29, 1.82) is 0 Å². The van der Waals surface area contributed by atoms with Crippen LogP contribution >= 0.6 is 0 Å². The Labute approximate surface area is 150 Å². The number of urea groups is 1. The highest BCUT2D eigenvalue weighted by Gasteiger charge is 2.29. The van der Waals surface area contributed by atoms with Gasteiger partial charge in [-0.2, -0.15) is 0 Å². The molecule has 3 fully saturated rings. The van der Waals surface area contributed by atoms with Crippen LogP contribution in [0.1, 0.15) is 37.7 Å². The number of pyridine rings is 1. The summed E-state index contributed by atoms with van der Waals surface area (Å²) in [6.07, 6.45) is 8.17. The van der Waals surface area contributed by atoms with Crippen LogP contribution in [0.2, 0.25) is 0 Å². The molecule has 2 N–H and O–H groups in total. The number of nitrogens with one attached hydrogen (secondary N) is 2. The van der Waals surface area contributed by atoms with E-state index in [2.05, 4.69) is 31.5 Å². The van der Waals surface area contributed by atoms with Gasteiger partial charge in [-0.3, -0.25) is 0 Å². The van der Waals surface area contributed by atoms with Gasteiger partial charge in [0.2, 0.25) is 0 Å². The molecule has 2 saturated heterocycles. The number of likely N-dealkylation sites (tertiary alicyclic amines) is 1. The molecular weight excluding hydrogens is 314 g/mol. The summed E-state index contributed by atoms with van der Waals surface area (Å²) in [6, 6.07) is 4.31.